The molecule has 2 aromatic rings. The number of aryl methyl sites for hydroxylation is 1. The summed E-state index contributed by atoms with van der Waals surface area (Å²) in [6.07, 6.45) is 0.703. The number of aldehydes is 1. The van der Waals surface area contributed by atoms with Crippen LogP contribution in [0.2, 0.25) is 0 Å². The van der Waals surface area contributed by atoms with Crippen LogP contribution in [0.1, 0.15) is 21.5 Å². The molecule has 0 atom stereocenters. The lowest BCUT2D eigenvalue weighted by Gasteiger charge is -2.11. The normalized spacial score (nSPS) is 12.3. The summed E-state index contributed by atoms with van der Waals surface area (Å²) in [5, 5.41) is 0. The molecule has 0 N–H and O–H groups in total. The van der Waals surface area contributed by atoms with Gasteiger partial charge in [-0.3, -0.25) is 4.79 Å². The number of hydrogen-bond acceptors (Lipinski definition) is 4. The van der Waals surface area contributed by atoms with E-state index in [2.05, 4.69) is 0 Å². The van der Waals surface area contributed by atoms with Gasteiger partial charge in [-0.05, 0) is 36.2 Å². The van der Waals surface area contributed by atoms with Crippen molar-refractivity contribution in [2.45, 2.75) is 13.5 Å². The van der Waals surface area contributed by atoms with E-state index >= 15 is 0 Å². The highest BCUT2D eigenvalue weighted by Gasteiger charge is 2.18. The number of ether oxygens (including phenoxy) is 3. The minimum Gasteiger partial charge on any atom is -0.488 e. The van der Waals surface area contributed by atoms with Gasteiger partial charge < -0.3 is 14.2 Å². The summed E-state index contributed by atoms with van der Waals surface area (Å²) < 4.78 is 29.2. The standard InChI is InChI=1S/C16H13FO4/c1-10-4-13(17)3-2-11(10)8-19-14-6-16-15(20-9-21-16)5-12(14)7-18/h2-7H,8-9H2,1H3. The maximum atomic E-state index is 13.1. The zero-order valence-electron chi connectivity index (χ0n) is 11.4. The summed E-state index contributed by atoms with van der Waals surface area (Å²) in [6.45, 7) is 2.18. The van der Waals surface area contributed by atoms with Crippen LogP contribution in [0.15, 0.2) is 30.3 Å². The summed E-state index contributed by atoms with van der Waals surface area (Å²) in [5.74, 6) is 1.21. The van der Waals surface area contributed by atoms with E-state index in [-0.39, 0.29) is 19.2 Å². The Kier molecular flexibility index (Phi) is 3.48. The number of hydrogen-bond donors (Lipinski definition) is 0. The smallest absolute Gasteiger partial charge is 0.231 e. The molecule has 1 heterocycles. The lowest BCUT2D eigenvalue weighted by Crippen LogP contribution is -2.00. The largest absolute Gasteiger partial charge is 0.488 e. The van der Waals surface area contributed by atoms with Crippen LogP contribution >= 0.6 is 0 Å². The molecule has 1 aliphatic heterocycles. The van der Waals surface area contributed by atoms with Gasteiger partial charge in [-0.2, -0.15) is 0 Å². The molecule has 5 heteroatoms. The summed E-state index contributed by atoms with van der Waals surface area (Å²) in [6, 6.07) is 7.70. The average molecular weight is 288 g/mol. The molecule has 0 aliphatic carbocycles. The van der Waals surface area contributed by atoms with Gasteiger partial charge in [0.05, 0.1) is 5.56 Å². The monoisotopic (exact) mass is 288 g/mol. The fraction of sp³-hybridized carbons (Fsp3) is 0.188. The van der Waals surface area contributed by atoms with E-state index in [0.29, 0.717) is 29.1 Å². The molecule has 2 aromatic carbocycles. The summed E-state index contributed by atoms with van der Waals surface area (Å²) in [5.41, 5.74) is 2.04. The zero-order valence-corrected chi connectivity index (χ0v) is 11.4. The summed E-state index contributed by atoms with van der Waals surface area (Å²) in [4.78, 5) is 11.1. The maximum absolute atomic E-state index is 13.1. The highest BCUT2D eigenvalue weighted by Crippen LogP contribution is 2.37. The fourth-order valence-corrected chi connectivity index (χ4v) is 2.13. The molecule has 108 valence electrons. The third-order valence-corrected chi connectivity index (χ3v) is 3.32. The van der Waals surface area contributed by atoms with Crippen molar-refractivity contribution in [3.8, 4) is 17.2 Å². The molecule has 3 rings (SSSR count). The molecule has 4 nitrogen and oxygen atoms in total. The van der Waals surface area contributed by atoms with Gasteiger partial charge in [0.25, 0.3) is 0 Å². The number of benzene rings is 2. The highest BCUT2D eigenvalue weighted by atomic mass is 19.1. The number of carbonyl (C=O) groups excluding carboxylic acids is 1. The fourth-order valence-electron chi connectivity index (χ4n) is 2.13. The Morgan fingerprint density at radius 2 is 2.00 bits per heavy atom. The highest BCUT2D eigenvalue weighted by molar-refractivity contribution is 5.81. The summed E-state index contributed by atoms with van der Waals surface area (Å²) >= 11 is 0. The summed E-state index contributed by atoms with van der Waals surface area (Å²) in [7, 11) is 0. The Morgan fingerprint density at radius 3 is 2.71 bits per heavy atom. The first kappa shape index (κ1) is 13.4. The zero-order chi connectivity index (χ0) is 14.8. The SMILES string of the molecule is Cc1cc(F)ccc1COc1cc2c(cc1C=O)OCO2. The van der Waals surface area contributed by atoms with Crippen LogP contribution in [0.3, 0.4) is 0 Å². The second-order valence-corrected chi connectivity index (χ2v) is 4.72. The lowest BCUT2D eigenvalue weighted by atomic mass is 10.1. The van der Waals surface area contributed by atoms with Gasteiger partial charge >= 0.3 is 0 Å². The molecule has 0 aromatic heterocycles. The maximum Gasteiger partial charge on any atom is 0.231 e. The van der Waals surface area contributed by atoms with Gasteiger partial charge in [-0.15, -0.1) is 0 Å². The molecule has 0 unspecified atom stereocenters. The number of fused-ring (bicyclic) bond motifs is 1. The van der Waals surface area contributed by atoms with E-state index in [1.807, 2.05) is 6.92 Å². The minimum atomic E-state index is -0.284. The van der Waals surface area contributed by atoms with Gasteiger partial charge in [-0.25, -0.2) is 4.39 Å². The molecule has 21 heavy (non-hydrogen) atoms. The minimum absolute atomic E-state index is 0.133. The second-order valence-electron chi connectivity index (χ2n) is 4.72. The molecule has 0 saturated carbocycles. The van der Waals surface area contributed by atoms with E-state index in [1.54, 1.807) is 18.2 Å². The quantitative estimate of drug-likeness (QED) is 0.810. The van der Waals surface area contributed by atoms with Crippen molar-refractivity contribution in [3.63, 3.8) is 0 Å². The number of carbonyl (C=O) groups is 1. The van der Waals surface area contributed by atoms with E-state index in [9.17, 15) is 9.18 Å². The topological polar surface area (TPSA) is 44.8 Å². The van der Waals surface area contributed by atoms with Crippen molar-refractivity contribution in [2.75, 3.05) is 6.79 Å². The Bertz CT molecular complexity index is 697. The van der Waals surface area contributed by atoms with Crippen molar-refractivity contribution >= 4 is 6.29 Å². The van der Waals surface area contributed by atoms with Crippen molar-refractivity contribution < 1.29 is 23.4 Å². The van der Waals surface area contributed by atoms with E-state index < -0.39 is 0 Å². The van der Waals surface area contributed by atoms with Crippen molar-refractivity contribution in [2.24, 2.45) is 0 Å². The van der Waals surface area contributed by atoms with Gasteiger partial charge in [0.15, 0.2) is 17.8 Å². The predicted octanol–water partition coefficient (Wildman–Crippen LogP) is 3.25. The predicted molar refractivity (Wildman–Crippen MR) is 73.4 cm³/mol. The van der Waals surface area contributed by atoms with Gasteiger partial charge in [0, 0.05) is 6.07 Å². The Labute approximate surface area is 121 Å². The third-order valence-electron chi connectivity index (χ3n) is 3.32. The number of halogens is 1. The van der Waals surface area contributed by atoms with Gasteiger partial charge in [0.2, 0.25) is 6.79 Å². The van der Waals surface area contributed by atoms with E-state index in [4.69, 9.17) is 14.2 Å². The van der Waals surface area contributed by atoms with Crippen LogP contribution in [-0.4, -0.2) is 13.1 Å². The average Bonchev–Trinajstić information content (AvgIpc) is 2.92. The van der Waals surface area contributed by atoms with Crippen molar-refractivity contribution in [1.82, 2.24) is 0 Å². The van der Waals surface area contributed by atoms with Gasteiger partial charge in [-0.1, -0.05) is 6.07 Å². The van der Waals surface area contributed by atoms with Gasteiger partial charge in [0.1, 0.15) is 18.2 Å². The molecule has 0 spiro atoms. The van der Waals surface area contributed by atoms with Crippen LogP contribution in [-0.2, 0) is 6.61 Å². The molecule has 1 aliphatic rings. The van der Waals surface area contributed by atoms with Crippen LogP contribution in [0.5, 0.6) is 17.2 Å². The third kappa shape index (κ3) is 2.67. The first-order chi connectivity index (χ1) is 10.2. The molecule has 0 saturated heterocycles. The molecule has 0 bridgehead atoms. The van der Waals surface area contributed by atoms with E-state index in [1.165, 1.54) is 12.1 Å². The van der Waals surface area contributed by atoms with Crippen molar-refractivity contribution in [1.29, 1.82) is 0 Å². The molecule has 0 amide bonds. The van der Waals surface area contributed by atoms with Crippen molar-refractivity contribution in [3.05, 3.63) is 52.8 Å². The first-order valence-corrected chi connectivity index (χ1v) is 6.44. The Morgan fingerprint density at radius 1 is 1.24 bits per heavy atom. The van der Waals surface area contributed by atoms with E-state index in [0.717, 1.165) is 11.1 Å². The number of rotatable bonds is 4. The molecular formula is C16H13FO4. The molecule has 0 fully saturated rings. The first-order valence-electron chi connectivity index (χ1n) is 6.44. The van der Waals surface area contributed by atoms with Crippen LogP contribution < -0.4 is 14.2 Å². The van der Waals surface area contributed by atoms with Crippen LogP contribution in [0.25, 0.3) is 0 Å². The van der Waals surface area contributed by atoms with Crippen LogP contribution in [0, 0.1) is 12.7 Å². The molecule has 0 radical (unpaired) electrons. The lowest BCUT2D eigenvalue weighted by molar-refractivity contribution is 0.111. The Balaban J connectivity index is 1.83. The molecular weight excluding hydrogens is 275 g/mol. The van der Waals surface area contributed by atoms with Crippen LogP contribution in [0.4, 0.5) is 4.39 Å². The Hall–Kier alpha value is -2.56. The second kappa shape index (κ2) is 5.44.